The third kappa shape index (κ3) is 3.65. The summed E-state index contributed by atoms with van der Waals surface area (Å²) < 4.78 is 5.08. The molecular weight excluding hydrogens is 306 g/mol. The highest BCUT2D eigenvalue weighted by Gasteiger charge is 2.31. The Morgan fingerprint density at radius 2 is 1.83 bits per heavy atom. The summed E-state index contributed by atoms with van der Waals surface area (Å²) in [6.45, 7) is 0.471. The average molecular weight is 325 g/mol. The van der Waals surface area contributed by atoms with Crippen LogP contribution in [0.2, 0.25) is 0 Å². The number of nitrogens with one attached hydrogen (secondary N) is 2. The van der Waals surface area contributed by atoms with Gasteiger partial charge >= 0.3 is 6.03 Å². The molecule has 2 aromatic carbocycles. The molecule has 0 saturated carbocycles. The molecule has 3 amide bonds. The molecule has 2 aromatic rings. The fraction of sp³-hybridized carbons (Fsp3) is 0.222. The second-order valence-electron chi connectivity index (χ2n) is 5.57. The number of hydrogen-bond acceptors (Lipinski definition) is 3. The number of carbonyl (C=O) groups excluding carboxylic acids is 2. The quantitative estimate of drug-likeness (QED) is 0.908. The molecule has 1 aliphatic heterocycles. The van der Waals surface area contributed by atoms with Crippen LogP contribution in [0.5, 0.6) is 5.75 Å². The Morgan fingerprint density at radius 3 is 2.50 bits per heavy atom. The van der Waals surface area contributed by atoms with Crippen molar-refractivity contribution in [1.29, 1.82) is 0 Å². The van der Waals surface area contributed by atoms with Gasteiger partial charge in [-0.2, -0.15) is 0 Å². The molecule has 2 N–H and O–H groups in total. The van der Waals surface area contributed by atoms with Crippen LogP contribution in [-0.4, -0.2) is 31.6 Å². The van der Waals surface area contributed by atoms with Crippen LogP contribution >= 0.6 is 0 Å². The van der Waals surface area contributed by atoms with E-state index in [4.69, 9.17) is 4.74 Å². The van der Waals surface area contributed by atoms with Gasteiger partial charge in [-0.1, -0.05) is 18.2 Å². The number of amides is 3. The van der Waals surface area contributed by atoms with Crippen molar-refractivity contribution < 1.29 is 14.3 Å². The van der Waals surface area contributed by atoms with E-state index in [1.807, 2.05) is 30.3 Å². The van der Waals surface area contributed by atoms with E-state index in [1.165, 1.54) is 0 Å². The zero-order valence-corrected chi connectivity index (χ0v) is 13.4. The monoisotopic (exact) mass is 325 g/mol. The minimum atomic E-state index is -0.326. The van der Waals surface area contributed by atoms with E-state index >= 15 is 0 Å². The first-order valence-electron chi connectivity index (χ1n) is 7.72. The summed E-state index contributed by atoms with van der Waals surface area (Å²) in [6, 6.07) is 16.0. The van der Waals surface area contributed by atoms with Crippen molar-refractivity contribution in [2.45, 2.75) is 12.5 Å². The molecule has 0 radical (unpaired) electrons. The second-order valence-corrected chi connectivity index (χ2v) is 5.57. The highest BCUT2D eigenvalue weighted by molar-refractivity contribution is 5.97. The average Bonchev–Trinajstić information content (AvgIpc) is 2.96. The molecule has 1 aliphatic rings. The summed E-state index contributed by atoms with van der Waals surface area (Å²) in [6.07, 6.45) is 0.297. The molecule has 6 heteroatoms. The largest absolute Gasteiger partial charge is 0.497 e. The number of nitrogens with zero attached hydrogens (tertiary/aromatic N) is 1. The van der Waals surface area contributed by atoms with Gasteiger partial charge in [-0.05, 0) is 36.4 Å². The van der Waals surface area contributed by atoms with Gasteiger partial charge in [-0.25, -0.2) is 4.79 Å². The number of carbonyl (C=O) groups is 2. The molecule has 1 atom stereocenters. The Kier molecular flexibility index (Phi) is 4.65. The third-order valence-electron chi connectivity index (χ3n) is 3.88. The first-order chi connectivity index (χ1) is 11.7. The minimum Gasteiger partial charge on any atom is -0.497 e. The van der Waals surface area contributed by atoms with Gasteiger partial charge in [-0.15, -0.1) is 0 Å². The Hall–Kier alpha value is -3.02. The van der Waals surface area contributed by atoms with Crippen LogP contribution in [0.1, 0.15) is 6.42 Å². The van der Waals surface area contributed by atoms with Gasteiger partial charge in [0.05, 0.1) is 13.2 Å². The van der Waals surface area contributed by atoms with Crippen molar-refractivity contribution in [3.8, 4) is 5.75 Å². The zero-order chi connectivity index (χ0) is 16.9. The number of hydrogen-bond donors (Lipinski definition) is 2. The summed E-state index contributed by atoms with van der Waals surface area (Å²) in [4.78, 5) is 25.9. The van der Waals surface area contributed by atoms with Gasteiger partial charge in [0, 0.05) is 24.3 Å². The van der Waals surface area contributed by atoms with Crippen molar-refractivity contribution in [3.05, 3.63) is 54.6 Å². The lowest BCUT2D eigenvalue weighted by molar-refractivity contribution is -0.117. The van der Waals surface area contributed by atoms with Crippen LogP contribution in [0, 0.1) is 0 Å². The Labute approximate surface area is 140 Å². The molecule has 1 heterocycles. The maximum atomic E-state index is 12.1. The smallest absolute Gasteiger partial charge is 0.319 e. The Morgan fingerprint density at radius 1 is 1.12 bits per heavy atom. The van der Waals surface area contributed by atoms with Crippen LogP contribution in [0.3, 0.4) is 0 Å². The van der Waals surface area contributed by atoms with Crippen molar-refractivity contribution >= 4 is 23.3 Å². The summed E-state index contributed by atoms with van der Waals surface area (Å²) in [5.74, 6) is 0.733. The first-order valence-corrected chi connectivity index (χ1v) is 7.72. The van der Waals surface area contributed by atoms with E-state index in [0.29, 0.717) is 18.7 Å². The predicted molar refractivity (Wildman–Crippen MR) is 92.3 cm³/mol. The van der Waals surface area contributed by atoms with Crippen LogP contribution in [0.4, 0.5) is 16.2 Å². The van der Waals surface area contributed by atoms with Crippen molar-refractivity contribution in [3.63, 3.8) is 0 Å². The molecule has 0 aliphatic carbocycles. The zero-order valence-electron chi connectivity index (χ0n) is 13.4. The molecule has 1 fully saturated rings. The summed E-state index contributed by atoms with van der Waals surface area (Å²) in [5.41, 5.74) is 1.51. The molecule has 0 unspecified atom stereocenters. The van der Waals surface area contributed by atoms with Crippen LogP contribution in [0.25, 0.3) is 0 Å². The fourth-order valence-corrected chi connectivity index (χ4v) is 2.69. The molecule has 1 saturated heterocycles. The van der Waals surface area contributed by atoms with Crippen molar-refractivity contribution in [1.82, 2.24) is 5.32 Å². The maximum absolute atomic E-state index is 12.1. The maximum Gasteiger partial charge on any atom is 0.319 e. The highest BCUT2D eigenvalue weighted by Crippen LogP contribution is 2.21. The fourth-order valence-electron chi connectivity index (χ4n) is 2.69. The molecule has 124 valence electrons. The number of urea groups is 1. The van der Waals surface area contributed by atoms with Gasteiger partial charge < -0.3 is 20.3 Å². The molecule has 0 bridgehead atoms. The summed E-state index contributed by atoms with van der Waals surface area (Å²) in [7, 11) is 1.59. The predicted octanol–water partition coefficient (Wildman–Crippen LogP) is 2.62. The minimum absolute atomic E-state index is 0.0101. The topological polar surface area (TPSA) is 70.7 Å². The van der Waals surface area contributed by atoms with Crippen LogP contribution in [0.15, 0.2) is 54.6 Å². The number of anilines is 2. The SMILES string of the molecule is COc1ccc(NC(=O)N[C@H]2CC(=O)N(c3ccccc3)C2)cc1. The second kappa shape index (κ2) is 7.04. The lowest BCUT2D eigenvalue weighted by Gasteiger charge is -2.17. The van der Waals surface area contributed by atoms with E-state index in [9.17, 15) is 9.59 Å². The van der Waals surface area contributed by atoms with Crippen molar-refractivity contribution in [2.24, 2.45) is 0 Å². The van der Waals surface area contributed by atoms with E-state index in [1.54, 1.807) is 36.3 Å². The number of benzene rings is 2. The van der Waals surface area contributed by atoms with Crippen LogP contribution in [-0.2, 0) is 4.79 Å². The lowest BCUT2D eigenvalue weighted by atomic mass is 10.2. The van der Waals surface area contributed by atoms with Gasteiger partial charge in [0.25, 0.3) is 0 Å². The number of ether oxygens (including phenoxy) is 1. The Bertz CT molecular complexity index is 716. The molecule has 0 aromatic heterocycles. The lowest BCUT2D eigenvalue weighted by Crippen LogP contribution is -2.39. The normalized spacial score (nSPS) is 16.8. The number of methoxy groups -OCH3 is 1. The van der Waals surface area contributed by atoms with E-state index in [0.717, 1.165) is 11.4 Å². The Balaban J connectivity index is 1.56. The molecule has 6 nitrogen and oxygen atoms in total. The van der Waals surface area contributed by atoms with Gasteiger partial charge in [0.15, 0.2) is 0 Å². The van der Waals surface area contributed by atoms with E-state index in [-0.39, 0.29) is 18.0 Å². The van der Waals surface area contributed by atoms with Crippen molar-refractivity contribution in [2.75, 3.05) is 23.9 Å². The first kappa shape index (κ1) is 15.9. The molecular formula is C18H19N3O3. The summed E-state index contributed by atoms with van der Waals surface area (Å²) in [5, 5.41) is 5.60. The summed E-state index contributed by atoms with van der Waals surface area (Å²) >= 11 is 0. The van der Waals surface area contributed by atoms with E-state index in [2.05, 4.69) is 10.6 Å². The van der Waals surface area contributed by atoms with Gasteiger partial charge in [0.1, 0.15) is 5.75 Å². The van der Waals surface area contributed by atoms with E-state index < -0.39 is 0 Å². The third-order valence-corrected chi connectivity index (χ3v) is 3.88. The van der Waals surface area contributed by atoms with Crippen LogP contribution < -0.4 is 20.3 Å². The molecule has 0 spiro atoms. The number of rotatable bonds is 4. The van der Waals surface area contributed by atoms with Gasteiger partial charge in [-0.3, -0.25) is 4.79 Å². The number of para-hydroxylation sites is 1. The van der Waals surface area contributed by atoms with Gasteiger partial charge in [0.2, 0.25) is 5.91 Å². The molecule has 3 rings (SSSR count). The molecule has 24 heavy (non-hydrogen) atoms. The highest BCUT2D eigenvalue weighted by atomic mass is 16.5. The standard InChI is InChI=1S/C18H19N3O3/c1-24-16-9-7-13(8-10-16)19-18(23)20-14-11-17(22)21(12-14)15-5-3-2-4-6-15/h2-10,14H,11-12H2,1H3,(H2,19,20,23)/t14-/m0/s1.